The summed E-state index contributed by atoms with van der Waals surface area (Å²) in [5.41, 5.74) is 6.63. The maximum absolute atomic E-state index is 15.0. The van der Waals surface area contributed by atoms with Crippen molar-refractivity contribution in [3.63, 3.8) is 0 Å². The Morgan fingerprint density at radius 2 is 1.94 bits per heavy atom. The third-order valence-corrected chi connectivity index (χ3v) is 6.87. The van der Waals surface area contributed by atoms with Gasteiger partial charge in [-0.1, -0.05) is 13.3 Å². The molecule has 2 saturated heterocycles. The average molecular weight is 498 g/mol. The van der Waals surface area contributed by atoms with Gasteiger partial charge in [-0.25, -0.2) is 14.2 Å². The van der Waals surface area contributed by atoms with Gasteiger partial charge < -0.3 is 20.3 Å². The van der Waals surface area contributed by atoms with Crippen LogP contribution in [0, 0.1) is 11.7 Å². The van der Waals surface area contributed by atoms with Crippen molar-refractivity contribution in [2.24, 2.45) is 11.7 Å². The van der Waals surface area contributed by atoms with Gasteiger partial charge in [0, 0.05) is 49.9 Å². The fourth-order valence-corrected chi connectivity index (χ4v) is 4.45. The lowest BCUT2D eigenvalue weighted by Gasteiger charge is -2.35. The van der Waals surface area contributed by atoms with E-state index < -0.39 is 29.8 Å². The minimum Gasteiger partial charge on any atom is -0.443 e. The lowest BCUT2D eigenvalue weighted by molar-refractivity contribution is -0.131. The number of unbranched alkanes of at least 4 members (excludes halogenated alkanes) is 1. The Balaban J connectivity index is 1.40. The molecule has 0 saturated carbocycles. The first kappa shape index (κ1) is 25.4. The van der Waals surface area contributed by atoms with Crippen LogP contribution in [0.25, 0.3) is 11.1 Å². The molecule has 36 heavy (non-hydrogen) atoms. The van der Waals surface area contributed by atoms with Crippen LogP contribution in [0.3, 0.4) is 0 Å². The number of carbonyl (C=O) groups excluding carboxylic acids is 3. The molecule has 0 aliphatic carbocycles. The molecule has 1 aromatic heterocycles. The van der Waals surface area contributed by atoms with Gasteiger partial charge in [-0.05, 0) is 43.7 Å². The molecule has 1 aromatic carbocycles. The molecule has 3 heterocycles. The second-order valence-electron chi connectivity index (χ2n) is 9.26. The van der Waals surface area contributed by atoms with Crippen molar-refractivity contribution in [3.05, 3.63) is 42.3 Å². The number of carbonyl (C=O) groups is 3. The van der Waals surface area contributed by atoms with Crippen LogP contribution in [0.2, 0.25) is 0 Å². The summed E-state index contributed by atoms with van der Waals surface area (Å²) in [4.78, 5) is 45.8. The molecular formula is C26H32FN5O4. The largest absolute Gasteiger partial charge is 0.443 e. The van der Waals surface area contributed by atoms with Gasteiger partial charge in [-0.2, -0.15) is 0 Å². The Hall–Kier alpha value is -3.69. The van der Waals surface area contributed by atoms with E-state index in [-0.39, 0.29) is 12.5 Å². The van der Waals surface area contributed by atoms with Gasteiger partial charge in [0.1, 0.15) is 17.7 Å². The fraction of sp³-hybridized carbons (Fsp3) is 0.462. The van der Waals surface area contributed by atoms with Crippen LogP contribution >= 0.6 is 0 Å². The normalized spacial score (nSPS) is 18.8. The Bertz CT molecular complexity index is 1120. The van der Waals surface area contributed by atoms with E-state index in [1.54, 1.807) is 25.3 Å². The van der Waals surface area contributed by atoms with Gasteiger partial charge in [0.15, 0.2) is 0 Å². The molecule has 0 bridgehead atoms. The maximum Gasteiger partial charge on any atom is 0.414 e. The van der Waals surface area contributed by atoms with Crippen LogP contribution in [-0.2, 0) is 14.3 Å². The first-order valence-corrected chi connectivity index (χ1v) is 12.3. The van der Waals surface area contributed by atoms with Crippen LogP contribution in [0.5, 0.6) is 0 Å². The second kappa shape index (κ2) is 10.9. The molecule has 0 radical (unpaired) electrons. The molecule has 4 rings (SSSR count). The zero-order valence-electron chi connectivity index (χ0n) is 20.7. The lowest BCUT2D eigenvalue weighted by Crippen LogP contribution is -2.49. The highest BCUT2D eigenvalue weighted by atomic mass is 19.1. The van der Waals surface area contributed by atoms with E-state index in [1.807, 2.05) is 17.0 Å². The van der Waals surface area contributed by atoms with E-state index in [9.17, 15) is 14.4 Å². The molecule has 2 aliphatic rings. The van der Waals surface area contributed by atoms with E-state index in [0.717, 1.165) is 18.7 Å². The number of piperazine rings is 1. The number of primary amides is 1. The van der Waals surface area contributed by atoms with Crippen LogP contribution in [0.4, 0.5) is 20.7 Å². The molecule has 10 heteroatoms. The number of hydrogen-bond donors (Lipinski definition) is 1. The number of halogens is 1. The zero-order valence-corrected chi connectivity index (χ0v) is 20.7. The summed E-state index contributed by atoms with van der Waals surface area (Å²) in [5, 5.41) is 0. The molecular weight excluding hydrogens is 465 g/mol. The van der Waals surface area contributed by atoms with Crippen molar-refractivity contribution in [3.8, 4) is 11.1 Å². The summed E-state index contributed by atoms with van der Waals surface area (Å²) >= 11 is 0. The summed E-state index contributed by atoms with van der Waals surface area (Å²) in [6.07, 6.45) is 2.83. The van der Waals surface area contributed by atoms with Gasteiger partial charge in [0.05, 0.1) is 18.2 Å². The fourth-order valence-electron chi connectivity index (χ4n) is 4.45. The highest BCUT2D eigenvalue weighted by Gasteiger charge is 2.38. The summed E-state index contributed by atoms with van der Waals surface area (Å²) < 4.78 is 20.3. The van der Waals surface area contributed by atoms with Gasteiger partial charge in [-0.15, -0.1) is 0 Å². The predicted octanol–water partition coefficient (Wildman–Crippen LogP) is 3.17. The number of aromatic nitrogens is 1. The van der Waals surface area contributed by atoms with E-state index in [2.05, 4.69) is 16.8 Å². The first-order valence-electron chi connectivity index (χ1n) is 12.3. The van der Waals surface area contributed by atoms with E-state index in [0.29, 0.717) is 49.4 Å². The molecule has 2 aromatic rings. The summed E-state index contributed by atoms with van der Waals surface area (Å²) in [5.74, 6) is -0.711. The summed E-state index contributed by atoms with van der Waals surface area (Å²) in [6.45, 7) is 6.53. The number of nitrogens with two attached hydrogens (primary N) is 1. The Morgan fingerprint density at radius 3 is 2.56 bits per heavy atom. The van der Waals surface area contributed by atoms with Crippen molar-refractivity contribution < 1.29 is 23.5 Å². The molecule has 2 atom stereocenters. The van der Waals surface area contributed by atoms with Gasteiger partial charge in [0.25, 0.3) is 0 Å². The first-order chi connectivity index (χ1) is 17.3. The van der Waals surface area contributed by atoms with E-state index in [4.69, 9.17) is 10.5 Å². The van der Waals surface area contributed by atoms with Crippen molar-refractivity contribution in [2.75, 3.05) is 42.5 Å². The van der Waals surface area contributed by atoms with Gasteiger partial charge in [0.2, 0.25) is 11.8 Å². The number of ether oxygens (including phenoxy) is 1. The summed E-state index contributed by atoms with van der Waals surface area (Å²) in [6, 6.07) is 8.18. The average Bonchev–Trinajstić information content (AvgIpc) is 3.28. The number of nitrogens with zero attached hydrogens (tertiary/aromatic N) is 4. The Kier molecular flexibility index (Phi) is 7.71. The van der Waals surface area contributed by atoms with Gasteiger partial charge >= 0.3 is 6.09 Å². The SMILES string of the molecule is CCCCC(=O)N1CCN(c2ccc(-c3ccc(N4CC([C@H](C)C(N)=O)OC4=O)cc3F)cn2)CC1. The van der Waals surface area contributed by atoms with Crippen molar-refractivity contribution in [1.29, 1.82) is 0 Å². The molecule has 2 aliphatic heterocycles. The molecule has 0 spiro atoms. The van der Waals surface area contributed by atoms with Crippen molar-refractivity contribution >= 4 is 29.4 Å². The molecule has 192 valence electrons. The number of anilines is 2. The topological polar surface area (TPSA) is 109 Å². The Labute approximate surface area is 210 Å². The standard InChI is InChI=1S/C26H32FN5O4/c1-3-4-5-24(33)31-12-10-30(11-13-31)23-9-6-18(15-29-23)20-8-7-19(14-21(20)27)32-16-22(36-26(32)35)17(2)25(28)34/h6-9,14-15,17,22H,3-5,10-13,16H2,1-2H3,(H2,28,34)/t17-,22?/m0/s1. The third-order valence-electron chi connectivity index (χ3n) is 6.87. The number of hydrogen-bond acceptors (Lipinski definition) is 6. The number of cyclic esters (lactones) is 1. The highest BCUT2D eigenvalue weighted by molar-refractivity contribution is 5.91. The zero-order chi connectivity index (χ0) is 25.8. The second-order valence-corrected chi connectivity index (χ2v) is 9.26. The molecule has 3 amide bonds. The molecule has 1 unspecified atom stereocenters. The van der Waals surface area contributed by atoms with Crippen LogP contribution in [0.15, 0.2) is 36.5 Å². The molecule has 9 nitrogen and oxygen atoms in total. The Morgan fingerprint density at radius 1 is 1.19 bits per heavy atom. The van der Waals surface area contributed by atoms with Crippen molar-refractivity contribution in [2.45, 2.75) is 39.2 Å². The maximum atomic E-state index is 15.0. The smallest absolute Gasteiger partial charge is 0.414 e. The van der Waals surface area contributed by atoms with Crippen LogP contribution in [0.1, 0.15) is 33.1 Å². The highest BCUT2D eigenvalue weighted by Crippen LogP contribution is 2.30. The van der Waals surface area contributed by atoms with E-state index >= 15 is 4.39 Å². The number of pyridine rings is 1. The molecule has 2 N–H and O–H groups in total. The lowest BCUT2D eigenvalue weighted by atomic mass is 10.0. The minimum atomic E-state index is -0.675. The van der Waals surface area contributed by atoms with Crippen LogP contribution < -0.4 is 15.5 Å². The third kappa shape index (κ3) is 5.42. The van der Waals surface area contributed by atoms with E-state index in [1.165, 1.54) is 11.0 Å². The monoisotopic (exact) mass is 497 g/mol. The number of amides is 3. The number of benzene rings is 1. The number of rotatable bonds is 8. The predicted molar refractivity (Wildman–Crippen MR) is 134 cm³/mol. The minimum absolute atomic E-state index is 0.120. The van der Waals surface area contributed by atoms with Gasteiger partial charge in [-0.3, -0.25) is 14.5 Å². The van der Waals surface area contributed by atoms with Crippen molar-refractivity contribution in [1.82, 2.24) is 9.88 Å². The summed E-state index contributed by atoms with van der Waals surface area (Å²) in [7, 11) is 0. The van der Waals surface area contributed by atoms with Crippen LogP contribution in [-0.4, -0.2) is 66.6 Å². The quantitative estimate of drug-likeness (QED) is 0.600. The molecule has 2 fully saturated rings.